The summed E-state index contributed by atoms with van der Waals surface area (Å²) in [7, 11) is 1.86. The zero-order valence-corrected chi connectivity index (χ0v) is 6.41. The minimum Gasteiger partial charge on any atom is -0.471 e. The van der Waals surface area contributed by atoms with Crippen molar-refractivity contribution in [3.63, 3.8) is 0 Å². The molecule has 0 aromatic carbocycles. The van der Waals surface area contributed by atoms with Gasteiger partial charge in [-0.15, -0.1) is 0 Å². The minimum atomic E-state index is 0. The summed E-state index contributed by atoms with van der Waals surface area (Å²) >= 11 is 0. The smallest absolute Gasteiger partial charge is 0.129 e. The molecule has 0 saturated heterocycles. The maximum Gasteiger partial charge on any atom is 0.129 e. The third kappa shape index (κ3) is 30.0. The molecule has 0 spiro atoms. The number of hydrogen-bond donors (Lipinski definition) is 0. The third-order valence-electron chi connectivity index (χ3n) is 0. The molecule has 0 N–H and O–H groups in total. The van der Waals surface area contributed by atoms with Crippen LogP contribution in [0, 0.1) is 0 Å². The van der Waals surface area contributed by atoms with E-state index in [4.69, 9.17) is 0 Å². The van der Waals surface area contributed by atoms with E-state index in [9.17, 15) is 0 Å². The second-order valence-electron chi connectivity index (χ2n) is 0.408. The van der Waals surface area contributed by atoms with E-state index in [2.05, 4.69) is 4.12 Å². The Labute approximate surface area is 33.4 Å². The molecule has 28 valence electrons. The first-order chi connectivity index (χ1) is 1.41. The average molecular weight is 94.3 g/mol. The lowest BCUT2D eigenvalue weighted by Gasteiger charge is -1.62. The molecule has 0 amide bonds. The van der Waals surface area contributed by atoms with Gasteiger partial charge in [-0.25, -0.2) is 0 Å². The van der Waals surface area contributed by atoms with Crippen molar-refractivity contribution in [2.45, 2.75) is 7.43 Å². The summed E-state index contributed by atoms with van der Waals surface area (Å²) in [5.41, 5.74) is 0. The first kappa shape index (κ1) is 8.83. The Bertz CT molecular complexity index is 6.00. The highest BCUT2D eigenvalue weighted by Crippen LogP contribution is 1.20. The highest BCUT2D eigenvalue weighted by atomic mass is 28.3. The SMILES string of the molecule is C.[SiH3]O[SiH3]. The van der Waals surface area contributed by atoms with Gasteiger partial charge in [-0.2, -0.15) is 0 Å². The van der Waals surface area contributed by atoms with Crippen LogP contribution in [0.5, 0.6) is 0 Å². The quantitative estimate of drug-likeness (QED) is 0.322. The van der Waals surface area contributed by atoms with Crippen LogP contribution in [0.3, 0.4) is 0 Å². The standard InChI is InChI=1S/CH4.H6OSi2/c;2-1-3/h1H4;2-3H3. The molecule has 0 aliphatic heterocycles. The highest BCUT2D eigenvalue weighted by molar-refractivity contribution is 6.15. The molecular formula is CH10OSi2. The lowest BCUT2D eigenvalue weighted by molar-refractivity contribution is 0.690. The van der Waals surface area contributed by atoms with Crippen LogP contribution in [0.15, 0.2) is 0 Å². The first-order valence-electron chi connectivity index (χ1n) is 0.816. The fraction of sp³-hybridized carbons (Fsp3) is 1.00. The molecule has 0 heterocycles. The van der Waals surface area contributed by atoms with Crippen molar-refractivity contribution in [3.05, 3.63) is 0 Å². The molecule has 0 aliphatic carbocycles. The van der Waals surface area contributed by atoms with Crippen LogP contribution in [0.2, 0.25) is 0 Å². The molecule has 0 aromatic heterocycles. The fourth-order valence-electron chi connectivity index (χ4n) is 0. The molecule has 0 rings (SSSR count). The average Bonchev–Trinajstić information content (AvgIpc) is 0.918. The monoisotopic (exact) mass is 94.0 g/mol. The fourth-order valence-corrected chi connectivity index (χ4v) is 0. The molecule has 0 fully saturated rings. The topological polar surface area (TPSA) is 9.23 Å². The maximum atomic E-state index is 4.53. The van der Waals surface area contributed by atoms with Crippen LogP contribution in [0.1, 0.15) is 7.43 Å². The van der Waals surface area contributed by atoms with Crippen LogP contribution in [0.25, 0.3) is 0 Å². The molecule has 1 nitrogen and oxygen atoms in total. The van der Waals surface area contributed by atoms with Crippen LogP contribution >= 0.6 is 0 Å². The predicted molar refractivity (Wildman–Crippen MR) is 27.7 cm³/mol. The van der Waals surface area contributed by atoms with Crippen molar-refractivity contribution in [1.82, 2.24) is 0 Å². The normalized spacial score (nSPS) is 6.00. The van der Waals surface area contributed by atoms with E-state index in [-0.39, 0.29) is 7.43 Å². The summed E-state index contributed by atoms with van der Waals surface area (Å²) in [6.07, 6.45) is 0. The van der Waals surface area contributed by atoms with E-state index in [1.807, 2.05) is 0 Å². The van der Waals surface area contributed by atoms with Gasteiger partial charge in [0.1, 0.15) is 21.0 Å². The van der Waals surface area contributed by atoms with Gasteiger partial charge in [0.15, 0.2) is 0 Å². The lowest BCUT2D eigenvalue weighted by atomic mass is 12.0. The van der Waals surface area contributed by atoms with Gasteiger partial charge in [0.05, 0.1) is 0 Å². The molecule has 0 bridgehead atoms. The largest absolute Gasteiger partial charge is 0.471 e. The molecule has 0 atom stereocenters. The Balaban J connectivity index is 0. The Morgan fingerprint density at radius 3 is 1.25 bits per heavy atom. The Morgan fingerprint density at radius 2 is 1.25 bits per heavy atom. The van der Waals surface area contributed by atoms with Gasteiger partial charge < -0.3 is 4.12 Å². The van der Waals surface area contributed by atoms with Crippen molar-refractivity contribution in [1.29, 1.82) is 0 Å². The molecule has 0 aromatic rings. The Kier molecular flexibility index (Phi) is 22.1. The summed E-state index contributed by atoms with van der Waals surface area (Å²) in [5.74, 6) is 0. The zero-order valence-electron chi connectivity index (χ0n) is 2.41. The Morgan fingerprint density at radius 1 is 1.25 bits per heavy atom. The summed E-state index contributed by atoms with van der Waals surface area (Å²) in [5, 5.41) is 0. The molecule has 0 radical (unpaired) electrons. The van der Waals surface area contributed by atoms with Gasteiger partial charge in [-0.05, 0) is 0 Å². The van der Waals surface area contributed by atoms with Gasteiger partial charge in [0, 0.05) is 0 Å². The maximum absolute atomic E-state index is 4.53. The van der Waals surface area contributed by atoms with Crippen molar-refractivity contribution in [2.24, 2.45) is 0 Å². The van der Waals surface area contributed by atoms with E-state index < -0.39 is 0 Å². The third-order valence-corrected chi connectivity index (χ3v) is 0. The van der Waals surface area contributed by atoms with Gasteiger partial charge in [0.2, 0.25) is 0 Å². The summed E-state index contributed by atoms with van der Waals surface area (Å²) in [6, 6.07) is 0. The molecule has 4 heavy (non-hydrogen) atoms. The summed E-state index contributed by atoms with van der Waals surface area (Å²) in [4.78, 5) is 0. The van der Waals surface area contributed by atoms with Crippen LogP contribution in [-0.2, 0) is 4.12 Å². The van der Waals surface area contributed by atoms with E-state index in [0.717, 1.165) is 21.0 Å². The van der Waals surface area contributed by atoms with Crippen LogP contribution < -0.4 is 0 Å². The Hall–Kier alpha value is 0.394. The van der Waals surface area contributed by atoms with Crippen molar-refractivity contribution < 1.29 is 4.12 Å². The van der Waals surface area contributed by atoms with Crippen LogP contribution in [0.4, 0.5) is 0 Å². The number of rotatable bonds is 0. The second-order valence-corrected chi connectivity index (χ2v) is 3.67. The van der Waals surface area contributed by atoms with E-state index in [1.54, 1.807) is 0 Å². The summed E-state index contributed by atoms with van der Waals surface area (Å²) < 4.78 is 4.53. The van der Waals surface area contributed by atoms with Crippen molar-refractivity contribution >= 4 is 21.0 Å². The van der Waals surface area contributed by atoms with E-state index >= 15 is 0 Å². The first-order valence-corrected chi connectivity index (χ1v) is 2.45. The number of hydrogen-bond acceptors (Lipinski definition) is 1. The van der Waals surface area contributed by atoms with E-state index in [0.29, 0.717) is 0 Å². The van der Waals surface area contributed by atoms with Crippen LogP contribution in [-0.4, -0.2) is 21.0 Å². The molecule has 3 heteroatoms. The molecule has 0 unspecified atom stereocenters. The second kappa shape index (κ2) is 10.0. The van der Waals surface area contributed by atoms with Gasteiger partial charge in [-0.3, -0.25) is 0 Å². The van der Waals surface area contributed by atoms with Gasteiger partial charge >= 0.3 is 0 Å². The highest BCUT2D eigenvalue weighted by Gasteiger charge is 1.28. The van der Waals surface area contributed by atoms with E-state index in [1.165, 1.54) is 0 Å². The predicted octanol–water partition coefficient (Wildman–Crippen LogP) is -1.80. The van der Waals surface area contributed by atoms with Crippen molar-refractivity contribution in [2.75, 3.05) is 0 Å². The zero-order chi connectivity index (χ0) is 2.71. The molecule has 0 saturated carbocycles. The summed E-state index contributed by atoms with van der Waals surface area (Å²) in [6.45, 7) is 0. The molecule has 0 aliphatic rings. The van der Waals surface area contributed by atoms with Gasteiger partial charge in [-0.1, -0.05) is 7.43 Å². The lowest BCUT2D eigenvalue weighted by Crippen LogP contribution is -1.65. The minimum absolute atomic E-state index is 0. The van der Waals surface area contributed by atoms with Gasteiger partial charge in [0.25, 0.3) is 0 Å². The molecular weight excluding hydrogens is 84.2 g/mol. The van der Waals surface area contributed by atoms with Crippen molar-refractivity contribution in [3.8, 4) is 0 Å².